The lowest BCUT2D eigenvalue weighted by molar-refractivity contribution is 0.0912. The number of nitrogens with zero attached hydrogens (tertiary/aromatic N) is 1. The van der Waals surface area contributed by atoms with Crippen molar-refractivity contribution in [2.24, 2.45) is 11.8 Å². The summed E-state index contributed by atoms with van der Waals surface area (Å²) in [5.41, 5.74) is 0. The van der Waals surface area contributed by atoms with Crippen molar-refractivity contribution in [3.05, 3.63) is 0 Å². The first kappa shape index (κ1) is 18.9. The van der Waals surface area contributed by atoms with Gasteiger partial charge >= 0.3 is 0 Å². The first-order chi connectivity index (χ1) is 10.2. The first-order valence-electron chi connectivity index (χ1n) is 9.28. The zero-order valence-electron chi connectivity index (χ0n) is 14.9. The normalized spacial score (nSPS) is 26.4. The van der Waals surface area contributed by atoms with Crippen LogP contribution in [0.1, 0.15) is 59.8 Å². The molecule has 1 fully saturated rings. The lowest BCUT2D eigenvalue weighted by Gasteiger charge is -2.39. The number of likely N-dealkylation sites (N-methyl/N-ethyl adjacent to an activating group) is 1. The summed E-state index contributed by atoms with van der Waals surface area (Å²) in [7, 11) is 0. The molecule has 0 aromatic rings. The largest absolute Gasteiger partial charge is 0.380 e. The third-order valence-corrected chi connectivity index (χ3v) is 5.02. The molecule has 0 heterocycles. The standard InChI is InChI=1S/C18H38N2O/c1-5-11-19-18-10-9-16(6-2)14-17(18)15-20(7-3)12-13-21-8-4/h16-19H,5-15H2,1-4H3. The molecule has 0 aromatic heterocycles. The van der Waals surface area contributed by atoms with Crippen LogP contribution in [0.25, 0.3) is 0 Å². The van der Waals surface area contributed by atoms with Crippen molar-refractivity contribution in [3.8, 4) is 0 Å². The summed E-state index contributed by atoms with van der Waals surface area (Å²) in [6.07, 6.45) is 6.78. The van der Waals surface area contributed by atoms with Gasteiger partial charge in [-0.15, -0.1) is 0 Å². The highest BCUT2D eigenvalue weighted by Crippen LogP contribution is 2.32. The monoisotopic (exact) mass is 298 g/mol. The van der Waals surface area contributed by atoms with E-state index in [0.29, 0.717) is 0 Å². The number of ether oxygens (including phenoxy) is 1. The molecule has 0 radical (unpaired) electrons. The fraction of sp³-hybridized carbons (Fsp3) is 1.00. The summed E-state index contributed by atoms with van der Waals surface area (Å²) in [4.78, 5) is 2.58. The molecule has 3 atom stereocenters. The van der Waals surface area contributed by atoms with Crippen LogP contribution in [-0.4, -0.2) is 50.3 Å². The van der Waals surface area contributed by atoms with Crippen molar-refractivity contribution in [1.29, 1.82) is 0 Å². The molecule has 3 nitrogen and oxygen atoms in total. The van der Waals surface area contributed by atoms with E-state index < -0.39 is 0 Å². The Balaban J connectivity index is 2.49. The predicted octanol–water partition coefficient (Wildman–Crippen LogP) is 3.54. The van der Waals surface area contributed by atoms with Crippen molar-refractivity contribution >= 4 is 0 Å². The molecule has 0 amide bonds. The van der Waals surface area contributed by atoms with Crippen LogP contribution >= 0.6 is 0 Å². The van der Waals surface area contributed by atoms with Gasteiger partial charge in [0.2, 0.25) is 0 Å². The van der Waals surface area contributed by atoms with E-state index in [1.807, 2.05) is 0 Å². The molecule has 3 unspecified atom stereocenters. The van der Waals surface area contributed by atoms with Crippen molar-refractivity contribution in [3.63, 3.8) is 0 Å². The second kappa shape index (κ2) is 11.4. The summed E-state index contributed by atoms with van der Waals surface area (Å²) in [5, 5.41) is 3.80. The molecule has 1 N–H and O–H groups in total. The molecule has 1 saturated carbocycles. The van der Waals surface area contributed by atoms with Gasteiger partial charge in [0, 0.05) is 25.7 Å². The molecule has 126 valence electrons. The average molecular weight is 299 g/mol. The van der Waals surface area contributed by atoms with Crippen LogP contribution in [0.2, 0.25) is 0 Å². The van der Waals surface area contributed by atoms with Crippen LogP contribution in [0.3, 0.4) is 0 Å². The van der Waals surface area contributed by atoms with E-state index >= 15 is 0 Å². The van der Waals surface area contributed by atoms with Gasteiger partial charge in [0.05, 0.1) is 6.61 Å². The number of hydrogen-bond acceptors (Lipinski definition) is 3. The van der Waals surface area contributed by atoms with E-state index in [9.17, 15) is 0 Å². The van der Waals surface area contributed by atoms with E-state index in [1.54, 1.807) is 0 Å². The summed E-state index contributed by atoms with van der Waals surface area (Å²) < 4.78 is 5.53. The third-order valence-electron chi connectivity index (χ3n) is 5.02. The van der Waals surface area contributed by atoms with E-state index in [4.69, 9.17) is 4.74 Å². The fourth-order valence-corrected chi connectivity index (χ4v) is 3.58. The van der Waals surface area contributed by atoms with E-state index in [-0.39, 0.29) is 0 Å². The number of nitrogens with one attached hydrogen (secondary N) is 1. The quantitative estimate of drug-likeness (QED) is 0.591. The Kier molecular flexibility index (Phi) is 10.3. The minimum absolute atomic E-state index is 0.730. The Morgan fingerprint density at radius 1 is 1.14 bits per heavy atom. The predicted molar refractivity (Wildman–Crippen MR) is 91.8 cm³/mol. The molecular weight excluding hydrogens is 260 g/mol. The number of hydrogen-bond donors (Lipinski definition) is 1. The van der Waals surface area contributed by atoms with Gasteiger partial charge in [-0.05, 0) is 57.5 Å². The van der Waals surface area contributed by atoms with Gasteiger partial charge in [0.1, 0.15) is 0 Å². The minimum atomic E-state index is 0.730. The molecule has 0 aliphatic heterocycles. The van der Waals surface area contributed by atoms with Crippen LogP contribution in [0.4, 0.5) is 0 Å². The smallest absolute Gasteiger partial charge is 0.0593 e. The molecule has 0 aromatic carbocycles. The van der Waals surface area contributed by atoms with Gasteiger partial charge in [-0.2, -0.15) is 0 Å². The van der Waals surface area contributed by atoms with Crippen LogP contribution in [0.5, 0.6) is 0 Å². The van der Waals surface area contributed by atoms with Crippen LogP contribution in [0, 0.1) is 11.8 Å². The second-order valence-corrected chi connectivity index (χ2v) is 6.50. The van der Waals surface area contributed by atoms with Gasteiger partial charge in [-0.3, -0.25) is 0 Å². The van der Waals surface area contributed by atoms with Gasteiger partial charge in [0.25, 0.3) is 0 Å². The molecule has 0 spiro atoms. The molecule has 21 heavy (non-hydrogen) atoms. The number of rotatable bonds is 11. The second-order valence-electron chi connectivity index (χ2n) is 6.50. The Morgan fingerprint density at radius 3 is 2.57 bits per heavy atom. The average Bonchev–Trinajstić information content (AvgIpc) is 2.52. The highest BCUT2D eigenvalue weighted by molar-refractivity contribution is 4.86. The molecule has 0 bridgehead atoms. The zero-order valence-corrected chi connectivity index (χ0v) is 14.9. The lowest BCUT2D eigenvalue weighted by atomic mass is 9.76. The van der Waals surface area contributed by atoms with Gasteiger partial charge in [-0.1, -0.05) is 27.2 Å². The van der Waals surface area contributed by atoms with Crippen molar-refractivity contribution in [1.82, 2.24) is 10.2 Å². The molecular formula is C18H38N2O. The van der Waals surface area contributed by atoms with Crippen LogP contribution in [0.15, 0.2) is 0 Å². The van der Waals surface area contributed by atoms with Gasteiger partial charge in [-0.25, -0.2) is 0 Å². The third kappa shape index (κ3) is 7.12. The maximum absolute atomic E-state index is 5.53. The minimum Gasteiger partial charge on any atom is -0.380 e. The molecule has 0 saturated heterocycles. The highest BCUT2D eigenvalue weighted by atomic mass is 16.5. The Hall–Kier alpha value is -0.120. The van der Waals surface area contributed by atoms with Crippen LogP contribution < -0.4 is 5.32 Å². The van der Waals surface area contributed by atoms with Crippen LogP contribution in [-0.2, 0) is 4.74 Å². The molecule has 1 rings (SSSR count). The van der Waals surface area contributed by atoms with E-state index in [0.717, 1.165) is 44.2 Å². The topological polar surface area (TPSA) is 24.5 Å². The maximum Gasteiger partial charge on any atom is 0.0593 e. The summed E-state index contributed by atoms with van der Waals surface area (Å²) >= 11 is 0. The van der Waals surface area contributed by atoms with Crippen molar-refractivity contribution < 1.29 is 4.74 Å². The van der Waals surface area contributed by atoms with Crippen molar-refractivity contribution in [2.45, 2.75) is 65.8 Å². The first-order valence-corrected chi connectivity index (χ1v) is 9.28. The summed E-state index contributed by atoms with van der Waals surface area (Å²) in [5.74, 6) is 1.76. The fourth-order valence-electron chi connectivity index (χ4n) is 3.58. The zero-order chi connectivity index (χ0) is 15.5. The molecule has 3 heteroatoms. The maximum atomic E-state index is 5.53. The van der Waals surface area contributed by atoms with E-state index in [1.165, 1.54) is 45.2 Å². The van der Waals surface area contributed by atoms with Gasteiger partial charge in [0.15, 0.2) is 0 Å². The SMILES string of the molecule is CCCNC1CCC(CC)CC1CN(CC)CCOCC. The lowest BCUT2D eigenvalue weighted by Crippen LogP contribution is -2.46. The highest BCUT2D eigenvalue weighted by Gasteiger charge is 2.30. The van der Waals surface area contributed by atoms with Gasteiger partial charge < -0.3 is 15.0 Å². The van der Waals surface area contributed by atoms with Crippen molar-refractivity contribution in [2.75, 3.05) is 39.4 Å². The van der Waals surface area contributed by atoms with E-state index in [2.05, 4.69) is 37.9 Å². The Bertz CT molecular complexity index is 247. The Labute approximate surface area is 132 Å². The molecule has 1 aliphatic rings. The summed E-state index contributed by atoms with van der Waals surface area (Å²) in [6, 6.07) is 0.730. The Morgan fingerprint density at radius 2 is 1.95 bits per heavy atom. The summed E-state index contributed by atoms with van der Waals surface area (Å²) in [6.45, 7) is 15.3. The molecule has 1 aliphatic carbocycles.